The molecular formula is C26H31Cl2N3O5S. The molecule has 11 heteroatoms. The number of halogens is 2. The second kappa shape index (κ2) is 10.9. The van der Waals surface area contributed by atoms with Crippen LogP contribution in [-0.4, -0.2) is 48.6 Å². The van der Waals surface area contributed by atoms with Crippen LogP contribution in [0.3, 0.4) is 0 Å². The second-order valence-electron chi connectivity index (χ2n) is 9.88. The van der Waals surface area contributed by atoms with Gasteiger partial charge in [-0.3, -0.25) is 9.59 Å². The number of primary amides is 1. The van der Waals surface area contributed by atoms with E-state index in [0.717, 1.165) is 5.56 Å². The van der Waals surface area contributed by atoms with Gasteiger partial charge in [-0.1, -0.05) is 54.4 Å². The van der Waals surface area contributed by atoms with E-state index in [0.29, 0.717) is 34.9 Å². The number of benzene rings is 2. The quantitative estimate of drug-likeness (QED) is 0.447. The third kappa shape index (κ3) is 5.96. The molecule has 2 aliphatic rings. The smallest absolute Gasteiger partial charge is 0.253 e. The zero-order valence-corrected chi connectivity index (χ0v) is 23.0. The van der Waals surface area contributed by atoms with Crippen LogP contribution in [0.4, 0.5) is 0 Å². The summed E-state index contributed by atoms with van der Waals surface area (Å²) < 4.78 is 34.0. The molecule has 3 N–H and O–H groups in total. The van der Waals surface area contributed by atoms with E-state index in [1.807, 2.05) is 25.1 Å². The van der Waals surface area contributed by atoms with Crippen LogP contribution < -0.4 is 10.5 Å². The lowest BCUT2D eigenvalue weighted by Gasteiger charge is -2.48. The minimum atomic E-state index is -3.57. The van der Waals surface area contributed by atoms with Crippen LogP contribution >= 0.6 is 23.2 Å². The number of hydrogen-bond donors (Lipinski definition) is 2. The molecule has 1 saturated heterocycles. The van der Waals surface area contributed by atoms with Crippen molar-refractivity contribution in [2.24, 2.45) is 5.73 Å². The first-order chi connectivity index (χ1) is 17.5. The maximum Gasteiger partial charge on any atom is 0.253 e. The van der Waals surface area contributed by atoms with E-state index >= 15 is 0 Å². The van der Waals surface area contributed by atoms with E-state index in [4.69, 9.17) is 33.7 Å². The van der Waals surface area contributed by atoms with Crippen LogP contribution in [0.1, 0.15) is 62.8 Å². The monoisotopic (exact) mass is 567 g/mol. The van der Waals surface area contributed by atoms with E-state index in [-0.39, 0.29) is 13.0 Å². The molecule has 200 valence electrons. The largest absolute Gasteiger partial charge is 0.370 e. The molecule has 1 heterocycles. The number of ether oxygens (including phenoxy) is 1. The molecule has 1 aliphatic heterocycles. The van der Waals surface area contributed by atoms with Gasteiger partial charge in [-0.2, -0.15) is 0 Å². The van der Waals surface area contributed by atoms with E-state index in [1.54, 1.807) is 42.2 Å². The average molecular weight is 569 g/mol. The van der Waals surface area contributed by atoms with Crippen molar-refractivity contribution in [3.05, 3.63) is 69.7 Å². The summed E-state index contributed by atoms with van der Waals surface area (Å²) in [5, 5.41) is 1.02. The Morgan fingerprint density at radius 2 is 1.84 bits per heavy atom. The van der Waals surface area contributed by atoms with E-state index in [1.165, 1.54) is 0 Å². The van der Waals surface area contributed by atoms with E-state index in [2.05, 4.69) is 4.72 Å². The molecule has 0 bridgehead atoms. The molecule has 2 aromatic rings. The zero-order valence-electron chi connectivity index (χ0n) is 20.7. The number of nitrogens with zero attached hydrogens (tertiary/aromatic N) is 1. The molecule has 0 aromatic heterocycles. The highest BCUT2D eigenvalue weighted by molar-refractivity contribution is 7.91. The van der Waals surface area contributed by atoms with Crippen molar-refractivity contribution in [3.8, 4) is 0 Å². The van der Waals surface area contributed by atoms with Gasteiger partial charge in [0.05, 0.1) is 17.2 Å². The topological polar surface area (TPSA) is 119 Å². The number of amides is 2. The highest BCUT2D eigenvalue weighted by Gasteiger charge is 2.51. The molecule has 1 saturated carbocycles. The van der Waals surface area contributed by atoms with Gasteiger partial charge in [-0.25, -0.2) is 13.1 Å². The lowest BCUT2D eigenvalue weighted by atomic mass is 9.89. The standard InChI is InChI=1S/C26H31Cl2N3O5S/c1-3-20(15-30-37(34,35)26(2)11-12-26)31-23(16-7-9-18(27)10-8-16)24(17-5-4-6-19(28)13-17)36-21(25(31)33)14-22(29)32/h4-10,13,20-21,23-24,30H,3,11-12,14-15H2,1-2H3,(H2,29,32)/t20-,21-,23+,24+/m0/s1. The normalized spacial score (nSPS) is 24.1. The van der Waals surface area contributed by atoms with Crippen molar-refractivity contribution >= 4 is 45.0 Å². The predicted octanol–water partition coefficient (Wildman–Crippen LogP) is 4.13. The fourth-order valence-corrected chi connectivity index (χ4v) is 6.41. The van der Waals surface area contributed by atoms with Crippen LogP contribution in [0.15, 0.2) is 48.5 Å². The fraction of sp³-hybridized carbons (Fsp3) is 0.462. The van der Waals surface area contributed by atoms with Gasteiger partial charge >= 0.3 is 0 Å². The predicted molar refractivity (Wildman–Crippen MR) is 143 cm³/mol. The van der Waals surface area contributed by atoms with Crippen molar-refractivity contribution in [1.82, 2.24) is 9.62 Å². The Morgan fingerprint density at radius 3 is 2.41 bits per heavy atom. The maximum absolute atomic E-state index is 13.9. The molecule has 2 amide bonds. The molecule has 4 rings (SSSR count). The minimum absolute atomic E-state index is 0.0236. The number of hydrogen-bond acceptors (Lipinski definition) is 5. The van der Waals surface area contributed by atoms with Crippen molar-refractivity contribution in [3.63, 3.8) is 0 Å². The Balaban J connectivity index is 1.79. The SMILES string of the molecule is CC[C@@H](CNS(=O)(=O)C1(C)CC1)N1C(=O)[C@H](CC(N)=O)O[C@H](c2cccc(Cl)c2)[C@H]1c1ccc(Cl)cc1. The van der Waals surface area contributed by atoms with Gasteiger partial charge in [0.25, 0.3) is 5.91 Å². The Morgan fingerprint density at radius 1 is 1.16 bits per heavy atom. The maximum atomic E-state index is 13.9. The summed E-state index contributed by atoms with van der Waals surface area (Å²) in [6.07, 6.45) is -0.480. The van der Waals surface area contributed by atoms with Crippen LogP contribution in [0, 0.1) is 0 Å². The summed E-state index contributed by atoms with van der Waals surface area (Å²) in [6.45, 7) is 3.62. The molecular weight excluding hydrogens is 537 g/mol. The van der Waals surface area contributed by atoms with E-state index in [9.17, 15) is 18.0 Å². The number of sulfonamides is 1. The molecule has 2 fully saturated rings. The van der Waals surface area contributed by atoms with Crippen LogP contribution in [0.2, 0.25) is 10.0 Å². The highest BCUT2D eigenvalue weighted by atomic mass is 35.5. The summed E-state index contributed by atoms with van der Waals surface area (Å²) in [4.78, 5) is 27.4. The third-order valence-electron chi connectivity index (χ3n) is 7.18. The highest BCUT2D eigenvalue weighted by Crippen LogP contribution is 2.45. The molecule has 0 unspecified atom stereocenters. The molecule has 2 aromatic carbocycles. The van der Waals surface area contributed by atoms with Crippen molar-refractivity contribution < 1.29 is 22.7 Å². The molecule has 37 heavy (non-hydrogen) atoms. The number of rotatable bonds is 10. The first kappa shape index (κ1) is 27.9. The van der Waals surface area contributed by atoms with Gasteiger partial charge < -0.3 is 15.4 Å². The average Bonchev–Trinajstić information content (AvgIpc) is 3.61. The van der Waals surface area contributed by atoms with Gasteiger partial charge in [0, 0.05) is 22.6 Å². The summed E-state index contributed by atoms with van der Waals surface area (Å²) in [7, 11) is -3.57. The lowest BCUT2D eigenvalue weighted by molar-refractivity contribution is -0.181. The number of carbonyl (C=O) groups is 2. The van der Waals surface area contributed by atoms with Crippen molar-refractivity contribution in [2.45, 2.75) is 68.6 Å². The summed E-state index contributed by atoms with van der Waals surface area (Å²) in [6, 6.07) is 13.0. The molecule has 0 radical (unpaired) electrons. The minimum Gasteiger partial charge on any atom is -0.370 e. The Hall–Kier alpha value is -2.17. The molecule has 4 atom stereocenters. The zero-order chi connectivity index (χ0) is 27.0. The van der Waals surface area contributed by atoms with Gasteiger partial charge in [0.1, 0.15) is 12.2 Å². The summed E-state index contributed by atoms with van der Waals surface area (Å²) >= 11 is 12.4. The Labute approximate surface area is 227 Å². The number of nitrogens with one attached hydrogen (secondary N) is 1. The number of morpholine rings is 1. The number of nitrogens with two attached hydrogens (primary N) is 1. The first-order valence-electron chi connectivity index (χ1n) is 12.2. The summed E-state index contributed by atoms with van der Waals surface area (Å²) in [5.41, 5.74) is 6.92. The summed E-state index contributed by atoms with van der Waals surface area (Å²) in [5.74, 6) is -1.11. The van der Waals surface area contributed by atoms with Crippen LogP contribution in [0.5, 0.6) is 0 Å². The number of carbonyl (C=O) groups excluding carboxylic acids is 2. The molecule has 0 spiro atoms. The van der Waals surface area contributed by atoms with Gasteiger partial charge in [-0.05, 0) is 61.6 Å². The van der Waals surface area contributed by atoms with Gasteiger partial charge in [0.2, 0.25) is 15.9 Å². The molecule has 8 nitrogen and oxygen atoms in total. The lowest BCUT2D eigenvalue weighted by Crippen LogP contribution is -2.58. The Kier molecular flexibility index (Phi) is 8.21. The van der Waals surface area contributed by atoms with Crippen LogP contribution in [-0.2, 0) is 24.3 Å². The van der Waals surface area contributed by atoms with E-state index < -0.39 is 50.9 Å². The fourth-order valence-electron chi connectivity index (χ4n) is 4.69. The van der Waals surface area contributed by atoms with Crippen molar-refractivity contribution in [1.29, 1.82) is 0 Å². The molecule has 1 aliphatic carbocycles. The first-order valence-corrected chi connectivity index (χ1v) is 14.5. The van der Waals surface area contributed by atoms with Gasteiger partial charge in [-0.15, -0.1) is 0 Å². The van der Waals surface area contributed by atoms with Crippen molar-refractivity contribution in [2.75, 3.05) is 6.54 Å². The van der Waals surface area contributed by atoms with Gasteiger partial charge in [0.15, 0.2) is 0 Å². The third-order valence-corrected chi connectivity index (χ3v) is 9.92. The Bertz CT molecular complexity index is 1270. The second-order valence-corrected chi connectivity index (χ2v) is 13.0. The van der Waals surface area contributed by atoms with Crippen LogP contribution in [0.25, 0.3) is 0 Å².